The number of fused-ring (bicyclic) bond motifs is 1. The Bertz CT molecular complexity index is 820. The third kappa shape index (κ3) is 4.64. The Balaban J connectivity index is 0.00000131. The summed E-state index contributed by atoms with van der Waals surface area (Å²) in [7, 11) is 0. The maximum absolute atomic E-state index is 5.60. The Kier molecular flexibility index (Phi) is 7.71. The van der Waals surface area contributed by atoms with E-state index in [0.29, 0.717) is 6.61 Å². The van der Waals surface area contributed by atoms with Crippen LogP contribution in [0.2, 0.25) is 0 Å². The molecule has 27 heavy (non-hydrogen) atoms. The van der Waals surface area contributed by atoms with Gasteiger partial charge in [0.05, 0.1) is 25.0 Å². The number of nitrogens with zero attached hydrogens (tertiary/aromatic N) is 4. The lowest BCUT2D eigenvalue weighted by atomic mass is 10.2. The number of nitrogens with one attached hydrogen (secondary N) is 1. The van der Waals surface area contributed by atoms with Crippen molar-refractivity contribution >= 4 is 30.6 Å². The molecule has 6 nitrogen and oxygen atoms in total. The molecule has 1 aromatic rings. The van der Waals surface area contributed by atoms with Crippen LogP contribution in [0.25, 0.3) is 11.4 Å². The zero-order valence-corrected chi connectivity index (χ0v) is 16.9. The first-order chi connectivity index (χ1) is 12.3. The van der Waals surface area contributed by atoms with Gasteiger partial charge in [0.15, 0.2) is 0 Å². The average molecular weight is 410 g/mol. The molecule has 1 saturated heterocycles. The van der Waals surface area contributed by atoms with Gasteiger partial charge < -0.3 is 19.5 Å². The molecule has 3 aliphatic rings. The predicted molar refractivity (Wildman–Crippen MR) is 113 cm³/mol. The molecular formula is C19H25Cl2N5O. The van der Waals surface area contributed by atoms with Gasteiger partial charge >= 0.3 is 0 Å². The van der Waals surface area contributed by atoms with Crippen molar-refractivity contribution in [3.8, 4) is 17.1 Å². The van der Waals surface area contributed by atoms with E-state index >= 15 is 0 Å². The predicted octanol–water partition coefficient (Wildman–Crippen LogP) is 3.08. The number of hydrogen-bond acceptors (Lipinski definition) is 5. The van der Waals surface area contributed by atoms with Crippen LogP contribution >= 0.6 is 24.8 Å². The molecule has 4 rings (SSSR count). The van der Waals surface area contributed by atoms with Gasteiger partial charge in [-0.3, -0.25) is 0 Å². The van der Waals surface area contributed by atoms with Gasteiger partial charge in [-0.25, -0.2) is 9.97 Å². The molecular weight excluding hydrogens is 385 g/mol. The quantitative estimate of drug-likeness (QED) is 0.701. The normalized spacial score (nSPS) is 13.7. The van der Waals surface area contributed by atoms with Crippen molar-refractivity contribution in [2.24, 2.45) is 0 Å². The minimum Gasteiger partial charge on any atom is -0.494 e. The van der Waals surface area contributed by atoms with Gasteiger partial charge in [0, 0.05) is 32.4 Å². The zero-order valence-electron chi connectivity index (χ0n) is 15.3. The van der Waals surface area contributed by atoms with Crippen LogP contribution < -0.4 is 15.0 Å². The fraction of sp³-hybridized carbons (Fsp3) is 0.368. The molecule has 8 heteroatoms. The zero-order chi connectivity index (χ0) is 17.1. The SMILES string of the molecule is CCOc1cccc(Cn2cnc(N3CCNCC3)c3ccnc2-3)c1.Cl.Cl. The lowest BCUT2D eigenvalue weighted by Gasteiger charge is -2.30. The topological polar surface area (TPSA) is 55.2 Å². The first kappa shape index (κ1) is 21.3. The molecule has 3 aliphatic heterocycles. The summed E-state index contributed by atoms with van der Waals surface area (Å²) in [5.74, 6) is 2.91. The molecule has 146 valence electrons. The maximum Gasteiger partial charge on any atom is 0.145 e. The van der Waals surface area contributed by atoms with Gasteiger partial charge in [0.1, 0.15) is 17.4 Å². The molecule has 0 bridgehead atoms. The largest absolute Gasteiger partial charge is 0.494 e. The number of hydrogen-bond donors (Lipinski definition) is 1. The highest BCUT2D eigenvalue weighted by Crippen LogP contribution is 2.30. The van der Waals surface area contributed by atoms with Crippen LogP contribution in [0.1, 0.15) is 12.5 Å². The highest BCUT2D eigenvalue weighted by Gasteiger charge is 2.21. The van der Waals surface area contributed by atoms with Crippen LogP contribution in [0.4, 0.5) is 5.82 Å². The number of halogens is 2. The van der Waals surface area contributed by atoms with E-state index in [2.05, 4.69) is 38.0 Å². The van der Waals surface area contributed by atoms with E-state index in [9.17, 15) is 0 Å². The van der Waals surface area contributed by atoms with Crippen molar-refractivity contribution in [1.29, 1.82) is 0 Å². The number of anilines is 1. The first-order valence-electron chi connectivity index (χ1n) is 8.82. The molecule has 0 amide bonds. The molecule has 1 fully saturated rings. The third-order valence-corrected chi connectivity index (χ3v) is 4.49. The minimum absolute atomic E-state index is 0. The standard InChI is InChI=1S/C19H23N5O.2ClH/c1-2-25-16-5-3-4-15(12-16)13-24-14-22-19(17-6-7-21-18(17)24)23-10-8-20-9-11-23;;/h3-7,12,14,20H,2,8-11,13H2,1H3;2*1H. The summed E-state index contributed by atoms with van der Waals surface area (Å²) in [5.41, 5.74) is 2.29. The van der Waals surface area contributed by atoms with Crippen molar-refractivity contribution in [2.75, 3.05) is 37.7 Å². The molecule has 3 heterocycles. The molecule has 0 unspecified atom stereocenters. The van der Waals surface area contributed by atoms with Crippen molar-refractivity contribution in [2.45, 2.75) is 13.5 Å². The Morgan fingerprint density at radius 1 is 1.11 bits per heavy atom. The van der Waals surface area contributed by atoms with Crippen molar-refractivity contribution in [3.63, 3.8) is 0 Å². The van der Waals surface area contributed by atoms with Crippen LogP contribution in [-0.2, 0) is 6.54 Å². The van der Waals surface area contributed by atoms with Crippen LogP contribution in [0.5, 0.6) is 5.75 Å². The molecule has 1 aromatic carbocycles. The average Bonchev–Trinajstić information content (AvgIpc) is 3.14. The number of aromatic nitrogens is 3. The fourth-order valence-corrected chi connectivity index (χ4v) is 3.32. The summed E-state index contributed by atoms with van der Waals surface area (Å²) in [6.45, 7) is 7.35. The number of ether oxygens (including phenoxy) is 1. The van der Waals surface area contributed by atoms with E-state index in [1.54, 1.807) is 0 Å². The second-order valence-electron chi connectivity index (χ2n) is 6.20. The summed E-state index contributed by atoms with van der Waals surface area (Å²) in [4.78, 5) is 11.7. The molecule has 0 aliphatic carbocycles. The Morgan fingerprint density at radius 3 is 2.70 bits per heavy atom. The molecule has 1 N–H and O–H groups in total. The second-order valence-corrected chi connectivity index (χ2v) is 6.20. The lowest BCUT2D eigenvalue weighted by Crippen LogP contribution is -2.44. The van der Waals surface area contributed by atoms with Gasteiger partial charge in [-0.15, -0.1) is 24.8 Å². The number of piperazine rings is 1. The van der Waals surface area contributed by atoms with Gasteiger partial charge in [-0.2, -0.15) is 0 Å². The van der Waals surface area contributed by atoms with E-state index in [4.69, 9.17) is 9.72 Å². The Labute approximate surface area is 172 Å². The minimum atomic E-state index is 0. The van der Waals surface area contributed by atoms with E-state index < -0.39 is 0 Å². The maximum atomic E-state index is 5.60. The van der Waals surface area contributed by atoms with Crippen molar-refractivity contribution in [1.82, 2.24) is 19.9 Å². The van der Waals surface area contributed by atoms with E-state index in [0.717, 1.165) is 55.7 Å². The molecule has 0 spiro atoms. The van der Waals surface area contributed by atoms with Crippen LogP contribution in [0.15, 0.2) is 42.9 Å². The summed E-state index contributed by atoms with van der Waals surface area (Å²) in [6, 6.07) is 10.3. The summed E-state index contributed by atoms with van der Waals surface area (Å²) in [5, 5.41) is 3.38. The third-order valence-electron chi connectivity index (χ3n) is 4.49. The highest BCUT2D eigenvalue weighted by molar-refractivity contribution is 5.85. The van der Waals surface area contributed by atoms with E-state index in [-0.39, 0.29) is 24.8 Å². The molecule has 0 atom stereocenters. The van der Waals surface area contributed by atoms with Gasteiger partial charge in [-0.05, 0) is 30.7 Å². The summed E-state index contributed by atoms with van der Waals surface area (Å²) >= 11 is 0. The fourth-order valence-electron chi connectivity index (χ4n) is 3.32. The first-order valence-corrected chi connectivity index (χ1v) is 8.82. The van der Waals surface area contributed by atoms with Crippen LogP contribution in [0.3, 0.4) is 0 Å². The smallest absolute Gasteiger partial charge is 0.145 e. The van der Waals surface area contributed by atoms with Crippen molar-refractivity contribution in [3.05, 3.63) is 48.4 Å². The van der Waals surface area contributed by atoms with Gasteiger partial charge in [0.2, 0.25) is 0 Å². The van der Waals surface area contributed by atoms with Crippen LogP contribution in [-0.4, -0.2) is 47.3 Å². The highest BCUT2D eigenvalue weighted by atomic mass is 35.5. The summed E-state index contributed by atoms with van der Waals surface area (Å²) < 4.78 is 7.71. The molecule has 0 aromatic heterocycles. The van der Waals surface area contributed by atoms with E-state index in [1.807, 2.05) is 31.6 Å². The Hall–Kier alpha value is -2.02. The monoisotopic (exact) mass is 409 g/mol. The van der Waals surface area contributed by atoms with E-state index in [1.165, 1.54) is 5.56 Å². The summed E-state index contributed by atoms with van der Waals surface area (Å²) in [6.07, 6.45) is 3.77. The van der Waals surface area contributed by atoms with Crippen molar-refractivity contribution < 1.29 is 4.74 Å². The van der Waals surface area contributed by atoms with Gasteiger partial charge in [-0.1, -0.05) is 12.1 Å². The number of rotatable bonds is 5. The number of benzene rings is 1. The molecule has 0 radical (unpaired) electrons. The Morgan fingerprint density at radius 2 is 1.93 bits per heavy atom. The van der Waals surface area contributed by atoms with Crippen LogP contribution in [0, 0.1) is 0 Å². The van der Waals surface area contributed by atoms with Gasteiger partial charge in [0.25, 0.3) is 0 Å². The lowest BCUT2D eigenvalue weighted by molar-refractivity contribution is 0.340. The second kappa shape index (κ2) is 9.78. The molecule has 0 saturated carbocycles.